The van der Waals surface area contributed by atoms with Gasteiger partial charge in [0.25, 0.3) is 0 Å². The highest BCUT2D eigenvalue weighted by molar-refractivity contribution is 7.89. The highest BCUT2D eigenvalue weighted by atomic mass is 32.2. The Morgan fingerprint density at radius 3 is 2.81 bits per heavy atom. The van der Waals surface area contributed by atoms with Gasteiger partial charge in [-0.2, -0.15) is 0 Å². The molecular weight excluding hydrogens is 232 g/mol. The summed E-state index contributed by atoms with van der Waals surface area (Å²) in [5.41, 5.74) is 0. The second kappa shape index (κ2) is 5.66. The molecular formula is C9H14N2O4S. The van der Waals surface area contributed by atoms with Crippen LogP contribution in [0.5, 0.6) is 0 Å². The van der Waals surface area contributed by atoms with Crippen LogP contribution < -0.4 is 10.0 Å². The van der Waals surface area contributed by atoms with Crippen LogP contribution in [0.25, 0.3) is 0 Å². The molecule has 2 N–H and O–H groups in total. The van der Waals surface area contributed by atoms with E-state index in [-0.39, 0.29) is 24.7 Å². The Kier molecular flexibility index (Phi) is 4.51. The van der Waals surface area contributed by atoms with E-state index in [1.165, 1.54) is 13.2 Å². The lowest BCUT2D eigenvalue weighted by Gasteiger charge is -2.05. The van der Waals surface area contributed by atoms with Crippen molar-refractivity contribution < 1.29 is 17.6 Å². The second-order valence-corrected chi connectivity index (χ2v) is 5.13. The SMILES string of the molecule is CC(=O)NCCS(=O)(=O)NCc1ccco1. The van der Waals surface area contributed by atoms with Gasteiger partial charge in [0.2, 0.25) is 15.9 Å². The number of carbonyl (C=O) groups excluding carboxylic acids is 1. The highest BCUT2D eigenvalue weighted by Gasteiger charge is 2.10. The Morgan fingerprint density at radius 2 is 2.25 bits per heavy atom. The summed E-state index contributed by atoms with van der Waals surface area (Å²) in [6, 6.07) is 3.36. The Labute approximate surface area is 94.1 Å². The molecule has 1 aromatic rings. The molecule has 0 fully saturated rings. The summed E-state index contributed by atoms with van der Waals surface area (Å²) in [6.45, 7) is 1.56. The summed E-state index contributed by atoms with van der Waals surface area (Å²) in [5.74, 6) is 0.150. The molecule has 0 atom stereocenters. The van der Waals surface area contributed by atoms with Gasteiger partial charge in [-0.1, -0.05) is 0 Å². The van der Waals surface area contributed by atoms with Crippen molar-refractivity contribution in [1.29, 1.82) is 0 Å². The third-order valence-corrected chi connectivity index (χ3v) is 3.12. The maximum Gasteiger partial charge on any atom is 0.216 e. The fraction of sp³-hybridized carbons (Fsp3) is 0.444. The molecule has 7 heteroatoms. The lowest BCUT2D eigenvalue weighted by Crippen LogP contribution is -2.33. The lowest BCUT2D eigenvalue weighted by molar-refractivity contribution is -0.118. The van der Waals surface area contributed by atoms with E-state index in [4.69, 9.17) is 4.42 Å². The number of sulfonamides is 1. The molecule has 0 saturated heterocycles. The number of hydrogen-bond donors (Lipinski definition) is 2. The molecule has 0 spiro atoms. The van der Waals surface area contributed by atoms with Crippen molar-refractivity contribution in [2.24, 2.45) is 0 Å². The molecule has 0 aliphatic carbocycles. The Bertz CT molecular complexity index is 424. The fourth-order valence-corrected chi connectivity index (χ4v) is 1.91. The summed E-state index contributed by atoms with van der Waals surface area (Å²) in [6.07, 6.45) is 1.47. The van der Waals surface area contributed by atoms with Gasteiger partial charge in [0.1, 0.15) is 5.76 Å². The zero-order valence-electron chi connectivity index (χ0n) is 8.89. The predicted molar refractivity (Wildman–Crippen MR) is 58.0 cm³/mol. The van der Waals surface area contributed by atoms with E-state index in [1.807, 2.05) is 0 Å². The second-order valence-electron chi connectivity index (χ2n) is 3.20. The van der Waals surface area contributed by atoms with E-state index in [9.17, 15) is 13.2 Å². The molecule has 0 saturated carbocycles. The Hall–Kier alpha value is -1.34. The van der Waals surface area contributed by atoms with Crippen molar-refractivity contribution in [3.63, 3.8) is 0 Å². The first-order valence-corrected chi connectivity index (χ1v) is 6.39. The van der Waals surface area contributed by atoms with Crippen LogP contribution in [0.4, 0.5) is 0 Å². The first-order chi connectivity index (χ1) is 7.49. The van der Waals surface area contributed by atoms with E-state index in [0.29, 0.717) is 5.76 Å². The van der Waals surface area contributed by atoms with Crippen LogP contribution in [0.2, 0.25) is 0 Å². The number of rotatable bonds is 6. The molecule has 1 aromatic heterocycles. The zero-order valence-corrected chi connectivity index (χ0v) is 9.71. The zero-order chi connectivity index (χ0) is 12.0. The molecule has 0 bridgehead atoms. The topological polar surface area (TPSA) is 88.4 Å². The summed E-state index contributed by atoms with van der Waals surface area (Å²) in [4.78, 5) is 10.5. The quantitative estimate of drug-likeness (QED) is 0.729. The number of furan rings is 1. The molecule has 0 aromatic carbocycles. The van der Waals surface area contributed by atoms with Gasteiger partial charge in [-0.25, -0.2) is 13.1 Å². The fourth-order valence-electron chi connectivity index (χ4n) is 1.03. The van der Waals surface area contributed by atoms with Crippen LogP contribution in [0.1, 0.15) is 12.7 Å². The number of carbonyl (C=O) groups is 1. The Balaban J connectivity index is 2.31. The summed E-state index contributed by atoms with van der Waals surface area (Å²) in [7, 11) is -3.38. The first kappa shape index (κ1) is 12.7. The molecule has 1 amide bonds. The smallest absolute Gasteiger partial charge is 0.216 e. The lowest BCUT2D eigenvalue weighted by atomic mass is 10.5. The van der Waals surface area contributed by atoms with Gasteiger partial charge in [0.05, 0.1) is 18.6 Å². The van der Waals surface area contributed by atoms with Gasteiger partial charge in [-0.05, 0) is 12.1 Å². The van der Waals surface area contributed by atoms with E-state index >= 15 is 0 Å². The minimum Gasteiger partial charge on any atom is -0.468 e. The maximum atomic E-state index is 11.4. The van der Waals surface area contributed by atoms with Crippen LogP contribution in [0.3, 0.4) is 0 Å². The molecule has 90 valence electrons. The van der Waals surface area contributed by atoms with Crippen molar-refractivity contribution in [2.75, 3.05) is 12.3 Å². The molecule has 6 nitrogen and oxygen atoms in total. The molecule has 1 rings (SSSR count). The van der Waals surface area contributed by atoms with Gasteiger partial charge >= 0.3 is 0 Å². The van der Waals surface area contributed by atoms with E-state index in [0.717, 1.165) is 0 Å². The van der Waals surface area contributed by atoms with E-state index in [2.05, 4.69) is 10.0 Å². The monoisotopic (exact) mass is 246 g/mol. The molecule has 0 aliphatic rings. The third kappa shape index (κ3) is 4.94. The van der Waals surface area contributed by atoms with Crippen LogP contribution in [0.15, 0.2) is 22.8 Å². The standard InChI is InChI=1S/C9H14N2O4S/c1-8(12)10-4-6-16(13,14)11-7-9-3-2-5-15-9/h2-3,5,11H,4,6-7H2,1H3,(H,10,12). The van der Waals surface area contributed by atoms with Crippen molar-refractivity contribution in [3.8, 4) is 0 Å². The normalized spacial score (nSPS) is 11.3. The van der Waals surface area contributed by atoms with E-state index < -0.39 is 10.0 Å². The predicted octanol–water partition coefficient (Wildman–Crippen LogP) is -0.165. The highest BCUT2D eigenvalue weighted by Crippen LogP contribution is 1.99. The van der Waals surface area contributed by atoms with Crippen LogP contribution >= 0.6 is 0 Å². The summed E-state index contributed by atoms with van der Waals surface area (Å²) in [5, 5.41) is 2.41. The van der Waals surface area contributed by atoms with Gasteiger partial charge in [-0.3, -0.25) is 4.79 Å². The summed E-state index contributed by atoms with van der Waals surface area (Å²) < 4.78 is 30.1. The molecule has 0 radical (unpaired) electrons. The van der Waals surface area contributed by atoms with Gasteiger partial charge in [0.15, 0.2) is 0 Å². The van der Waals surface area contributed by atoms with Gasteiger partial charge in [0, 0.05) is 13.5 Å². The third-order valence-electron chi connectivity index (χ3n) is 1.79. The summed E-state index contributed by atoms with van der Waals surface area (Å²) >= 11 is 0. The van der Waals surface area contributed by atoms with Crippen molar-refractivity contribution >= 4 is 15.9 Å². The average Bonchev–Trinajstić information content (AvgIpc) is 2.66. The maximum absolute atomic E-state index is 11.4. The first-order valence-electron chi connectivity index (χ1n) is 4.74. The molecule has 1 heterocycles. The van der Waals surface area contributed by atoms with Gasteiger partial charge < -0.3 is 9.73 Å². The van der Waals surface area contributed by atoms with Crippen LogP contribution in [-0.2, 0) is 21.4 Å². The average molecular weight is 246 g/mol. The minimum atomic E-state index is -3.38. The largest absolute Gasteiger partial charge is 0.468 e. The Morgan fingerprint density at radius 1 is 1.50 bits per heavy atom. The van der Waals surface area contributed by atoms with Crippen molar-refractivity contribution in [3.05, 3.63) is 24.2 Å². The molecule has 16 heavy (non-hydrogen) atoms. The molecule has 0 unspecified atom stereocenters. The number of nitrogens with one attached hydrogen (secondary N) is 2. The minimum absolute atomic E-state index is 0.100. The number of amides is 1. The van der Waals surface area contributed by atoms with Crippen molar-refractivity contribution in [2.45, 2.75) is 13.5 Å². The molecule has 0 aliphatic heterocycles. The van der Waals surface area contributed by atoms with Crippen molar-refractivity contribution in [1.82, 2.24) is 10.0 Å². The van der Waals surface area contributed by atoms with Crippen LogP contribution in [0, 0.1) is 0 Å². The van der Waals surface area contributed by atoms with E-state index in [1.54, 1.807) is 12.1 Å². The number of hydrogen-bond acceptors (Lipinski definition) is 4. The van der Waals surface area contributed by atoms with Crippen LogP contribution in [-0.4, -0.2) is 26.6 Å². The van der Waals surface area contributed by atoms with Gasteiger partial charge in [-0.15, -0.1) is 0 Å².